The van der Waals surface area contributed by atoms with E-state index in [1.807, 2.05) is 12.1 Å². The molecule has 1 aliphatic rings. The van der Waals surface area contributed by atoms with Crippen molar-refractivity contribution in [3.8, 4) is 11.5 Å². The first-order valence-electron chi connectivity index (χ1n) is 7.89. The zero-order valence-corrected chi connectivity index (χ0v) is 13.9. The van der Waals surface area contributed by atoms with Crippen LogP contribution in [0.2, 0.25) is 0 Å². The normalized spacial score (nSPS) is 15.3. The van der Waals surface area contributed by atoms with Gasteiger partial charge in [-0.1, -0.05) is 0 Å². The van der Waals surface area contributed by atoms with Gasteiger partial charge < -0.3 is 25.2 Å². The van der Waals surface area contributed by atoms with Crippen molar-refractivity contribution in [3.63, 3.8) is 0 Å². The van der Waals surface area contributed by atoms with Gasteiger partial charge in [0.2, 0.25) is 0 Å². The topological polar surface area (TPSA) is 88.5 Å². The highest BCUT2D eigenvalue weighted by Gasteiger charge is 2.34. The lowest BCUT2D eigenvalue weighted by Crippen LogP contribution is -2.43. The van der Waals surface area contributed by atoms with E-state index in [0.717, 1.165) is 30.7 Å². The second-order valence-electron chi connectivity index (χ2n) is 5.91. The second-order valence-corrected chi connectivity index (χ2v) is 5.91. The summed E-state index contributed by atoms with van der Waals surface area (Å²) in [7, 11) is 3.21. The monoisotopic (exact) mass is 330 g/mol. The van der Waals surface area contributed by atoms with Crippen molar-refractivity contribution in [3.05, 3.63) is 30.6 Å². The molecule has 0 atom stereocenters. The Balaban J connectivity index is 1.70. The quantitative estimate of drug-likeness (QED) is 0.719. The first kappa shape index (κ1) is 16.3. The van der Waals surface area contributed by atoms with E-state index in [4.69, 9.17) is 9.47 Å². The molecule has 1 heterocycles. The third kappa shape index (κ3) is 3.68. The van der Waals surface area contributed by atoms with E-state index in [0.29, 0.717) is 23.9 Å². The van der Waals surface area contributed by atoms with Crippen molar-refractivity contribution in [2.75, 3.05) is 31.4 Å². The maximum Gasteiger partial charge on any atom is 0.146 e. The molecular formula is C17H22N4O3. The molecule has 24 heavy (non-hydrogen) atoms. The minimum Gasteiger partial charge on any atom is -0.497 e. The number of hydrogen-bond acceptors (Lipinski definition) is 7. The number of nitrogens with zero attached hydrogens (tertiary/aromatic N) is 2. The van der Waals surface area contributed by atoms with Crippen LogP contribution < -0.4 is 20.1 Å². The number of anilines is 3. The average Bonchev–Trinajstić information content (AvgIpc) is 2.59. The summed E-state index contributed by atoms with van der Waals surface area (Å²) in [6, 6.07) is 7.31. The van der Waals surface area contributed by atoms with E-state index >= 15 is 0 Å². The summed E-state index contributed by atoms with van der Waals surface area (Å²) in [4.78, 5) is 8.41. The summed E-state index contributed by atoms with van der Waals surface area (Å²) in [5.41, 5.74) is 0.179. The predicted molar refractivity (Wildman–Crippen MR) is 92.2 cm³/mol. The van der Waals surface area contributed by atoms with Crippen molar-refractivity contribution in [2.45, 2.75) is 24.9 Å². The lowest BCUT2D eigenvalue weighted by molar-refractivity contribution is -0.0202. The standard InChI is InChI=1S/C17H22N4O3/c1-23-12-4-5-13(14(8-12)24-2)21-16-9-15(19-11-20-16)18-10-17(22)6-3-7-17/h4-5,8-9,11,22H,3,6-7,10H2,1-2H3,(H2,18,19,20,21). The van der Waals surface area contributed by atoms with Crippen LogP contribution in [0.5, 0.6) is 11.5 Å². The van der Waals surface area contributed by atoms with Crippen LogP contribution in [0.25, 0.3) is 0 Å². The number of benzene rings is 1. The van der Waals surface area contributed by atoms with Crippen LogP contribution in [0.15, 0.2) is 30.6 Å². The van der Waals surface area contributed by atoms with Gasteiger partial charge in [-0.15, -0.1) is 0 Å². The summed E-state index contributed by atoms with van der Waals surface area (Å²) in [5, 5.41) is 16.5. The molecule has 3 N–H and O–H groups in total. The molecule has 2 aromatic rings. The average molecular weight is 330 g/mol. The molecule has 7 heteroatoms. The van der Waals surface area contributed by atoms with Gasteiger partial charge in [-0.25, -0.2) is 9.97 Å². The number of hydrogen-bond donors (Lipinski definition) is 3. The molecule has 3 rings (SSSR count). The van der Waals surface area contributed by atoms with Crippen molar-refractivity contribution in [1.82, 2.24) is 9.97 Å². The first-order chi connectivity index (χ1) is 11.6. The van der Waals surface area contributed by atoms with Crippen molar-refractivity contribution in [1.29, 1.82) is 0 Å². The molecule has 1 aliphatic carbocycles. The lowest BCUT2D eigenvalue weighted by Gasteiger charge is -2.36. The predicted octanol–water partition coefficient (Wildman–Crippen LogP) is 2.56. The van der Waals surface area contributed by atoms with Crippen LogP contribution in [0.1, 0.15) is 19.3 Å². The number of nitrogens with one attached hydrogen (secondary N) is 2. The van der Waals surface area contributed by atoms with E-state index in [1.54, 1.807) is 26.4 Å². The fraction of sp³-hybridized carbons (Fsp3) is 0.412. The van der Waals surface area contributed by atoms with Crippen LogP contribution in [-0.4, -0.2) is 41.4 Å². The summed E-state index contributed by atoms with van der Waals surface area (Å²) in [6.07, 6.45) is 4.22. The summed E-state index contributed by atoms with van der Waals surface area (Å²) in [5.74, 6) is 2.68. The zero-order chi connectivity index (χ0) is 17.0. The van der Waals surface area contributed by atoms with E-state index in [9.17, 15) is 5.11 Å². The van der Waals surface area contributed by atoms with Gasteiger partial charge >= 0.3 is 0 Å². The number of aliphatic hydroxyl groups is 1. The smallest absolute Gasteiger partial charge is 0.146 e. The van der Waals surface area contributed by atoms with E-state index in [-0.39, 0.29) is 0 Å². The van der Waals surface area contributed by atoms with Crippen LogP contribution in [0.3, 0.4) is 0 Å². The van der Waals surface area contributed by atoms with Gasteiger partial charge in [0.1, 0.15) is 29.5 Å². The van der Waals surface area contributed by atoms with E-state index < -0.39 is 5.60 Å². The fourth-order valence-corrected chi connectivity index (χ4v) is 2.58. The molecule has 0 radical (unpaired) electrons. The molecular weight excluding hydrogens is 308 g/mol. The maximum absolute atomic E-state index is 10.1. The molecule has 1 fully saturated rings. The Hall–Kier alpha value is -2.54. The van der Waals surface area contributed by atoms with Crippen molar-refractivity contribution < 1.29 is 14.6 Å². The first-order valence-corrected chi connectivity index (χ1v) is 7.89. The Morgan fingerprint density at radius 2 is 1.92 bits per heavy atom. The number of rotatable bonds is 7. The Morgan fingerprint density at radius 3 is 2.58 bits per heavy atom. The minimum atomic E-state index is -0.599. The summed E-state index contributed by atoms with van der Waals surface area (Å²) < 4.78 is 10.6. The maximum atomic E-state index is 10.1. The molecule has 0 aliphatic heterocycles. The van der Waals surface area contributed by atoms with Crippen molar-refractivity contribution >= 4 is 17.3 Å². The zero-order valence-electron chi connectivity index (χ0n) is 13.9. The molecule has 0 unspecified atom stereocenters. The van der Waals surface area contributed by atoms with E-state index in [1.165, 1.54) is 6.33 Å². The molecule has 128 valence electrons. The molecule has 0 saturated heterocycles. The van der Waals surface area contributed by atoms with Gasteiger partial charge in [0.05, 0.1) is 25.5 Å². The molecule has 1 aromatic carbocycles. The Bertz CT molecular complexity index is 704. The van der Waals surface area contributed by atoms with Crippen molar-refractivity contribution in [2.24, 2.45) is 0 Å². The summed E-state index contributed by atoms with van der Waals surface area (Å²) >= 11 is 0. The fourth-order valence-electron chi connectivity index (χ4n) is 2.58. The van der Waals surface area contributed by atoms with E-state index in [2.05, 4.69) is 20.6 Å². The van der Waals surface area contributed by atoms with Gasteiger partial charge in [0, 0.05) is 18.7 Å². The molecule has 1 aromatic heterocycles. The Morgan fingerprint density at radius 1 is 1.12 bits per heavy atom. The SMILES string of the molecule is COc1ccc(Nc2cc(NCC3(O)CCC3)ncn2)c(OC)c1. The van der Waals surface area contributed by atoms with Gasteiger partial charge in [-0.3, -0.25) is 0 Å². The van der Waals surface area contributed by atoms with Gasteiger partial charge in [0.15, 0.2) is 0 Å². The molecule has 1 saturated carbocycles. The van der Waals surface area contributed by atoms with Crippen LogP contribution >= 0.6 is 0 Å². The van der Waals surface area contributed by atoms with Crippen LogP contribution in [-0.2, 0) is 0 Å². The highest BCUT2D eigenvalue weighted by atomic mass is 16.5. The van der Waals surface area contributed by atoms with Crippen LogP contribution in [0.4, 0.5) is 17.3 Å². The molecule has 0 amide bonds. The third-order valence-electron chi connectivity index (χ3n) is 4.22. The third-order valence-corrected chi connectivity index (χ3v) is 4.22. The summed E-state index contributed by atoms with van der Waals surface area (Å²) in [6.45, 7) is 0.495. The number of methoxy groups -OCH3 is 2. The highest BCUT2D eigenvalue weighted by molar-refractivity contribution is 5.66. The highest BCUT2D eigenvalue weighted by Crippen LogP contribution is 2.32. The lowest BCUT2D eigenvalue weighted by atomic mass is 9.80. The Labute approximate surface area is 141 Å². The molecule has 0 spiro atoms. The largest absolute Gasteiger partial charge is 0.497 e. The number of aromatic nitrogens is 2. The van der Waals surface area contributed by atoms with Crippen LogP contribution in [0, 0.1) is 0 Å². The second kappa shape index (κ2) is 6.92. The molecule has 7 nitrogen and oxygen atoms in total. The Kier molecular flexibility index (Phi) is 4.71. The number of ether oxygens (including phenoxy) is 2. The van der Waals surface area contributed by atoms with Gasteiger partial charge in [-0.05, 0) is 31.4 Å². The molecule has 0 bridgehead atoms. The minimum absolute atomic E-state index is 0.495. The van der Waals surface area contributed by atoms with Gasteiger partial charge in [-0.2, -0.15) is 0 Å². The van der Waals surface area contributed by atoms with Gasteiger partial charge in [0.25, 0.3) is 0 Å².